The molecule has 4 nitrogen and oxygen atoms in total. The Kier molecular flexibility index (Phi) is 8.79. The first-order chi connectivity index (χ1) is 10.2. The molecule has 4 heteroatoms. The Morgan fingerprint density at radius 2 is 1.71 bits per heavy atom. The molecule has 21 heavy (non-hydrogen) atoms. The molecule has 1 rings (SSSR count). The summed E-state index contributed by atoms with van der Waals surface area (Å²) in [6, 6.07) is 0. The molecule has 0 fully saturated rings. The molecule has 0 aliphatic heterocycles. The van der Waals surface area contributed by atoms with E-state index in [1.54, 1.807) is 12.2 Å². The van der Waals surface area contributed by atoms with Crippen LogP contribution in [0.25, 0.3) is 0 Å². The van der Waals surface area contributed by atoms with E-state index in [0.29, 0.717) is 13.0 Å². The zero-order valence-electron chi connectivity index (χ0n) is 13.1. The number of carboxylic acid groups (broad SMARTS) is 1. The van der Waals surface area contributed by atoms with Crippen LogP contribution >= 0.6 is 0 Å². The lowest BCUT2D eigenvalue weighted by Gasteiger charge is -2.14. The van der Waals surface area contributed by atoms with Gasteiger partial charge in [0.1, 0.15) is 0 Å². The maximum Gasteiger partial charge on any atom is 0.311 e. The number of carbonyl (C=O) groups excluding carboxylic acids is 1. The summed E-state index contributed by atoms with van der Waals surface area (Å²) in [5, 5.41) is 9.00. The van der Waals surface area contributed by atoms with Gasteiger partial charge in [-0.3, -0.25) is 9.59 Å². The summed E-state index contributed by atoms with van der Waals surface area (Å²) in [4.78, 5) is 22.8. The van der Waals surface area contributed by atoms with Gasteiger partial charge in [0.05, 0.1) is 18.4 Å². The average Bonchev–Trinajstić information content (AvgIpc) is 2.95. The van der Waals surface area contributed by atoms with Crippen molar-refractivity contribution in [2.45, 2.75) is 64.7 Å². The molecule has 0 aromatic heterocycles. The van der Waals surface area contributed by atoms with E-state index in [2.05, 4.69) is 6.92 Å². The summed E-state index contributed by atoms with van der Waals surface area (Å²) in [6.07, 6.45) is 13.4. The number of hydrogen-bond donors (Lipinski definition) is 1. The highest BCUT2D eigenvalue weighted by molar-refractivity contribution is 5.83. The van der Waals surface area contributed by atoms with Gasteiger partial charge in [0.15, 0.2) is 0 Å². The largest absolute Gasteiger partial charge is 0.481 e. The molecule has 0 saturated heterocycles. The second kappa shape index (κ2) is 10.4. The van der Waals surface area contributed by atoms with E-state index in [9.17, 15) is 9.59 Å². The second-order valence-corrected chi connectivity index (χ2v) is 5.78. The Bertz CT molecular complexity index is 349. The molecule has 120 valence electrons. The summed E-state index contributed by atoms with van der Waals surface area (Å²) in [6.45, 7) is 2.62. The van der Waals surface area contributed by atoms with Crippen LogP contribution in [0.4, 0.5) is 0 Å². The van der Waals surface area contributed by atoms with Crippen molar-refractivity contribution in [2.75, 3.05) is 6.61 Å². The van der Waals surface area contributed by atoms with Gasteiger partial charge in [-0.05, 0) is 12.8 Å². The Morgan fingerprint density at radius 3 is 2.33 bits per heavy atom. The molecular weight excluding hydrogens is 268 g/mol. The highest BCUT2D eigenvalue weighted by atomic mass is 16.5. The maximum atomic E-state index is 11.8. The predicted octanol–water partition coefficient (Wildman–Crippen LogP) is 3.95. The molecule has 0 amide bonds. The minimum atomic E-state index is -0.947. The molecule has 1 aliphatic rings. The standard InChI is InChI=1S/C17H28O4/c1-2-3-4-5-6-7-8-9-13-21-17(20)15-12-10-11-14(15)16(18)19/h10-11,14-15H,2-9,12-13H2,1H3,(H,18,19). The van der Waals surface area contributed by atoms with Gasteiger partial charge in [-0.1, -0.05) is 64.0 Å². The molecule has 0 aromatic carbocycles. The van der Waals surface area contributed by atoms with Crippen LogP contribution in [0.3, 0.4) is 0 Å². The predicted molar refractivity (Wildman–Crippen MR) is 81.9 cm³/mol. The number of esters is 1. The van der Waals surface area contributed by atoms with E-state index in [1.807, 2.05) is 0 Å². The van der Waals surface area contributed by atoms with E-state index in [4.69, 9.17) is 9.84 Å². The fourth-order valence-corrected chi connectivity index (χ4v) is 2.67. The van der Waals surface area contributed by atoms with Crippen molar-refractivity contribution in [3.63, 3.8) is 0 Å². The number of allylic oxidation sites excluding steroid dienone is 1. The summed E-state index contributed by atoms with van der Waals surface area (Å²) in [5.74, 6) is -2.55. The molecule has 0 heterocycles. The number of hydrogen-bond acceptors (Lipinski definition) is 3. The maximum absolute atomic E-state index is 11.8. The number of rotatable bonds is 11. The molecule has 0 spiro atoms. The van der Waals surface area contributed by atoms with Crippen molar-refractivity contribution in [2.24, 2.45) is 11.8 Å². The number of carboxylic acids is 1. The lowest BCUT2D eigenvalue weighted by atomic mass is 9.96. The highest BCUT2D eigenvalue weighted by Gasteiger charge is 2.35. The summed E-state index contributed by atoms with van der Waals surface area (Å²) in [7, 11) is 0. The number of carbonyl (C=O) groups is 2. The first-order valence-electron chi connectivity index (χ1n) is 8.23. The molecule has 1 aliphatic carbocycles. The molecule has 0 saturated carbocycles. The Labute approximate surface area is 127 Å². The Morgan fingerprint density at radius 1 is 1.10 bits per heavy atom. The van der Waals surface area contributed by atoms with Crippen molar-refractivity contribution >= 4 is 11.9 Å². The van der Waals surface area contributed by atoms with Crippen LogP contribution < -0.4 is 0 Å². The third kappa shape index (κ3) is 6.78. The van der Waals surface area contributed by atoms with Crippen LogP contribution in [0.2, 0.25) is 0 Å². The molecule has 2 unspecified atom stereocenters. The van der Waals surface area contributed by atoms with Crippen LogP contribution in [0, 0.1) is 11.8 Å². The minimum Gasteiger partial charge on any atom is -0.481 e. The van der Waals surface area contributed by atoms with Crippen LogP contribution in [0.1, 0.15) is 64.7 Å². The molecule has 0 aromatic rings. The first-order valence-corrected chi connectivity index (χ1v) is 8.23. The lowest BCUT2D eigenvalue weighted by Crippen LogP contribution is -2.27. The lowest BCUT2D eigenvalue weighted by molar-refractivity contribution is -0.155. The van der Waals surface area contributed by atoms with Gasteiger partial charge in [-0.15, -0.1) is 0 Å². The SMILES string of the molecule is CCCCCCCCCCOC(=O)C1CC=CC1C(=O)O. The van der Waals surface area contributed by atoms with E-state index in [-0.39, 0.29) is 5.97 Å². The van der Waals surface area contributed by atoms with Crippen LogP contribution in [0.15, 0.2) is 12.2 Å². The highest BCUT2D eigenvalue weighted by Crippen LogP contribution is 2.26. The van der Waals surface area contributed by atoms with Gasteiger partial charge < -0.3 is 9.84 Å². The van der Waals surface area contributed by atoms with Crippen molar-refractivity contribution in [3.05, 3.63) is 12.2 Å². The smallest absolute Gasteiger partial charge is 0.311 e. The fourth-order valence-electron chi connectivity index (χ4n) is 2.67. The molecule has 0 bridgehead atoms. The topological polar surface area (TPSA) is 63.6 Å². The second-order valence-electron chi connectivity index (χ2n) is 5.78. The van der Waals surface area contributed by atoms with Gasteiger partial charge in [0, 0.05) is 0 Å². The van der Waals surface area contributed by atoms with Gasteiger partial charge in [0.25, 0.3) is 0 Å². The van der Waals surface area contributed by atoms with Gasteiger partial charge in [0.2, 0.25) is 0 Å². The quantitative estimate of drug-likeness (QED) is 0.356. The first kappa shape index (κ1) is 17.7. The number of unbranched alkanes of at least 4 members (excludes halogenated alkanes) is 7. The summed E-state index contributed by atoms with van der Waals surface area (Å²) < 4.78 is 5.21. The van der Waals surface area contributed by atoms with Crippen LogP contribution in [-0.2, 0) is 14.3 Å². The Balaban J connectivity index is 2.02. The van der Waals surface area contributed by atoms with E-state index >= 15 is 0 Å². The molecular formula is C17H28O4. The third-order valence-electron chi connectivity index (χ3n) is 4.00. The van der Waals surface area contributed by atoms with Crippen molar-refractivity contribution in [1.29, 1.82) is 0 Å². The molecule has 2 atom stereocenters. The summed E-state index contributed by atoms with van der Waals surface area (Å²) in [5.41, 5.74) is 0. The van der Waals surface area contributed by atoms with Gasteiger partial charge in [-0.25, -0.2) is 0 Å². The van der Waals surface area contributed by atoms with Crippen molar-refractivity contribution in [3.8, 4) is 0 Å². The van der Waals surface area contributed by atoms with E-state index in [0.717, 1.165) is 12.8 Å². The number of ether oxygens (including phenoxy) is 1. The minimum absolute atomic E-state index is 0.365. The van der Waals surface area contributed by atoms with Crippen molar-refractivity contribution < 1.29 is 19.4 Å². The molecule has 1 N–H and O–H groups in total. The van der Waals surface area contributed by atoms with Crippen molar-refractivity contribution in [1.82, 2.24) is 0 Å². The summed E-state index contributed by atoms with van der Waals surface area (Å²) >= 11 is 0. The zero-order valence-corrected chi connectivity index (χ0v) is 13.1. The van der Waals surface area contributed by atoms with Gasteiger partial charge >= 0.3 is 11.9 Å². The monoisotopic (exact) mass is 296 g/mol. The van der Waals surface area contributed by atoms with E-state index < -0.39 is 17.8 Å². The van der Waals surface area contributed by atoms with Gasteiger partial charge in [-0.2, -0.15) is 0 Å². The van der Waals surface area contributed by atoms with Crippen LogP contribution in [-0.4, -0.2) is 23.7 Å². The van der Waals surface area contributed by atoms with Crippen LogP contribution in [0.5, 0.6) is 0 Å². The Hall–Kier alpha value is -1.32. The zero-order chi connectivity index (χ0) is 15.5. The fraction of sp³-hybridized carbons (Fsp3) is 0.765. The number of aliphatic carboxylic acids is 1. The normalized spacial score (nSPS) is 20.6. The van der Waals surface area contributed by atoms with E-state index in [1.165, 1.54) is 38.5 Å². The third-order valence-corrected chi connectivity index (χ3v) is 4.00. The molecule has 0 radical (unpaired) electrons. The average molecular weight is 296 g/mol.